The Morgan fingerprint density at radius 2 is 1.80 bits per heavy atom. The minimum atomic E-state index is -0.443. The summed E-state index contributed by atoms with van der Waals surface area (Å²) in [5.74, 6) is -0.146. The van der Waals surface area contributed by atoms with Crippen molar-refractivity contribution in [2.45, 2.75) is 26.8 Å². The minimum absolute atomic E-state index is 0.0128. The molecule has 1 unspecified atom stereocenters. The number of carbonyl (C=O) groups excluding carboxylic acids is 1. The predicted octanol–water partition coefficient (Wildman–Crippen LogP) is 3.92. The third kappa shape index (κ3) is 4.42. The van der Waals surface area contributed by atoms with Crippen LogP contribution in [0.2, 0.25) is 0 Å². The molecule has 0 fully saturated rings. The Hall–Kier alpha value is -2.73. The van der Waals surface area contributed by atoms with Gasteiger partial charge in [-0.15, -0.1) is 0 Å². The van der Waals surface area contributed by atoms with Crippen LogP contribution in [0.5, 0.6) is 0 Å². The van der Waals surface area contributed by atoms with Crippen molar-refractivity contribution in [2.75, 3.05) is 18.4 Å². The van der Waals surface area contributed by atoms with E-state index in [1.807, 2.05) is 44.2 Å². The van der Waals surface area contributed by atoms with Crippen LogP contribution < -0.4 is 5.32 Å². The Labute approximate surface area is 147 Å². The van der Waals surface area contributed by atoms with Gasteiger partial charge in [-0.1, -0.05) is 44.2 Å². The molecule has 1 atom stereocenters. The van der Waals surface area contributed by atoms with Crippen molar-refractivity contribution in [1.82, 2.24) is 4.90 Å². The number of aryl methyl sites for hydroxylation is 1. The number of hydrogen-bond acceptors (Lipinski definition) is 4. The molecule has 0 aliphatic carbocycles. The molecule has 0 aromatic heterocycles. The maximum absolute atomic E-state index is 13.0. The van der Waals surface area contributed by atoms with Gasteiger partial charge in [-0.3, -0.25) is 19.8 Å². The number of likely N-dealkylation sites (N-methyl/N-ethyl adjacent to an activating group) is 1. The normalized spacial score (nSPS) is 12.0. The highest BCUT2D eigenvalue weighted by atomic mass is 16.6. The fourth-order valence-corrected chi connectivity index (χ4v) is 2.85. The molecule has 6 nitrogen and oxygen atoms in total. The molecule has 0 aliphatic heterocycles. The van der Waals surface area contributed by atoms with Crippen LogP contribution in [0.25, 0.3) is 0 Å². The van der Waals surface area contributed by atoms with E-state index in [0.717, 1.165) is 18.7 Å². The summed E-state index contributed by atoms with van der Waals surface area (Å²) in [6.07, 6.45) is 0. The second-order valence-electron chi connectivity index (χ2n) is 5.78. The molecule has 0 bridgehead atoms. The molecule has 0 heterocycles. The molecule has 0 saturated heterocycles. The summed E-state index contributed by atoms with van der Waals surface area (Å²) >= 11 is 0. The van der Waals surface area contributed by atoms with Crippen LogP contribution in [0.1, 0.15) is 31.0 Å². The lowest BCUT2D eigenvalue weighted by Gasteiger charge is -2.29. The molecule has 25 heavy (non-hydrogen) atoms. The Bertz CT molecular complexity index is 743. The van der Waals surface area contributed by atoms with Gasteiger partial charge < -0.3 is 5.32 Å². The number of nitrogens with zero attached hydrogens (tertiary/aromatic N) is 2. The molecule has 0 radical (unpaired) electrons. The van der Waals surface area contributed by atoms with Gasteiger partial charge in [0.2, 0.25) is 5.91 Å². The van der Waals surface area contributed by atoms with E-state index >= 15 is 0 Å². The standard InChI is InChI=1S/C19H23N3O3/c1-4-21(5-2)18(15-9-7-6-8-10-15)19(23)20-17-12-11-16(22(24)25)13-14(17)3/h6-13,18H,4-5H2,1-3H3,(H,20,23). The van der Waals surface area contributed by atoms with E-state index in [9.17, 15) is 14.9 Å². The van der Waals surface area contributed by atoms with Gasteiger partial charge in [-0.2, -0.15) is 0 Å². The monoisotopic (exact) mass is 341 g/mol. The molecule has 132 valence electrons. The molecular formula is C19H23N3O3. The SMILES string of the molecule is CCN(CC)C(C(=O)Nc1ccc([N+](=O)[O-])cc1C)c1ccccc1. The van der Waals surface area contributed by atoms with Crippen LogP contribution in [-0.2, 0) is 4.79 Å². The molecule has 1 amide bonds. The highest BCUT2D eigenvalue weighted by Crippen LogP contribution is 2.25. The van der Waals surface area contributed by atoms with Crippen molar-refractivity contribution >= 4 is 17.3 Å². The van der Waals surface area contributed by atoms with Crippen molar-refractivity contribution in [1.29, 1.82) is 0 Å². The number of non-ortho nitro benzene ring substituents is 1. The van der Waals surface area contributed by atoms with Crippen LogP contribution in [0.15, 0.2) is 48.5 Å². The van der Waals surface area contributed by atoms with Crippen LogP contribution in [0.4, 0.5) is 11.4 Å². The van der Waals surface area contributed by atoms with Gasteiger partial charge in [0.1, 0.15) is 6.04 Å². The number of nitro groups is 1. The van der Waals surface area contributed by atoms with E-state index < -0.39 is 11.0 Å². The van der Waals surface area contributed by atoms with Gasteiger partial charge in [0.15, 0.2) is 0 Å². The van der Waals surface area contributed by atoms with Gasteiger partial charge in [-0.25, -0.2) is 0 Å². The molecule has 2 aromatic carbocycles. The summed E-state index contributed by atoms with van der Waals surface area (Å²) in [6.45, 7) is 7.26. The zero-order chi connectivity index (χ0) is 18.4. The first-order valence-corrected chi connectivity index (χ1v) is 8.32. The topological polar surface area (TPSA) is 75.5 Å². The molecule has 2 aromatic rings. The average molecular weight is 341 g/mol. The number of anilines is 1. The largest absolute Gasteiger partial charge is 0.324 e. The number of rotatable bonds is 7. The Balaban J connectivity index is 2.30. The summed E-state index contributed by atoms with van der Waals surface area (Å²) in [4.78, 5) is 25.4. The lowest BCUT2D eigenvalue weighted by atomic mass is 10.0. The van der Waals surface area contributed by atoms with Crippen molar-refractivity contribution < 1.29 is 9.72 Å². The zero-order valence-electron chi connectivity index (χ0n) is 14.7. The summed E-state index contributed by atoms with van der Waals surface area (Å²) in [7, 11) is 0. The van der Waals surface area contributed by atoms with Crippen LogP contribution in [0, 0.1) is 17.0 Å². The fourth-order valence-electron chi connectivity index (χ4n) is 2.85. The van der Waals surface area contributed by atoms with Crippen molar-refractivity contribution in [2.24, 2.45) is 0 Å². The highest BCUT2D eigenvalue weighted by Gasteiger charge is 2.26. The third-order valence-electron chi connectivity index (χ3n) is 4.22. The van der Waals surface area contributed by atoms with Crippen LogP contribution in [0.3, 0.4) is 0 Å². The highest BCUT2D eigenvalue weighted by molar-refractivity contribution is 5.96. The van der Waals surface area contributed by atoms with Gasteiger partial charge in [0.05, 0.1) is 4.92 Å². The smallest absolute Gasteiger partial charge is 0.269 e. The third-order valence-corrected chi connectivity index (χ3v) is 4.22. The number of nitrogens with one attached hydrogen (secondary N) is 1. The van der Waals surface area contributed by atoms with E-state index in [1.54, 1.807) is 13.0 Å². The summed E-state index contributed by atoms with van der Waals surface area (Å²) in [5, 5.41) is 13.8. The summed E-state index contributed by atoms with van der Waals surface area (Å²) < 4.78 is 0. The molecule has 1 N–H and O–H groups in total. The summed E-state index contributed by atoms with van der Waals surface area (Å²) in [6, 6.07) is 13.6. The Kier molecular flexibility index (Phi) is 6.25. The van der Waals surface area contributed by atoms with Crippen molar-refractivity contribution in [3.8, 4) is 0 Å². The Morgan fingerprint density at radius 3 is 2.32 bits per heavy atom. The van der Waals surface area contributed by atoms with Crippen molar-refractivity contribution in [3.05, 3.63) is 69.8 Å². The molecule has 2 rings (SSSR count). The second-order valence-corrected chi connectivity index (χ2v) is 5.78. The lowest BCUT2D eigenvalue weighted by molar-refractivity contribution is -0.384. The number of nitro benzene ring substituents is 1. The quantitative estimate of drug-likeness (QED) is 0.612. The second kappa shape index (κ2) is 8.39. The molecular weight excluding hydrogens is 318 g/mol. The predicted molar refractivity (Wildman–Crippen MR) is 98.6 cm³/mol. The first-order valence-electron chi connectivity index (χ1n) is 8.32. The van der Waals surface area contributed by atoms with E-state index in [0.29, 0.717) is 11.3 Å². The van der Waals surface area contributed by atoms with Crippen LogP contribution >= 0.6 is 0 Å². The summed E-state index contributed by atoms with van der Waals surface area (Å²) in [5.41, 5.74) is 2.18. The van der Waals surface area contributed by atoms with Gasteiger partial charge in [0, 0.05) is 17.8 Å². The first kappa shape index (κ1) is 18.6. The maximum Gasteiger partial charge on any atom is 0.269 e. The van der Waals surface area contributed by atoms with Crippen molar-refractivity contribution in [3.63, 3.8) is 0 Å². The fraction of sp³-hybridized carbons (Fsp3) is 0.316. The molecule has 0 spiro atoms. The number of hydrogen-bond donors (Lipinski definition) is 1. The number of carbonyl (C=O) groups is 1. The van der Waals surface area contributed by atoms with Gasteiger partial charge >= 0.3 is 0 Å². The maximum atomic E-state index is 13.0. The molecule has 6 heteroatoms. The number of amides is 1. The van der Waals surface area contributed by atoms with E-state index in [2.05, 4.69) is 10.2 Å². The average Bonchev–Trinajstić information content (AvgIpc) is 2.61. The van der Waals surface area contributed by atoms with E-state index in [1.165, 1.54) is 12.1 Å². The number of benzene rings is 2. The minimum Gasteiger partial charge on any atom is -0.324 e. The van der Waals surface area contributed by atoms with E-state index in [-0.39, 0.29) is 11.6 Å². The first-order chi connectivity index (χ1) is 12.0. The lowest BCUT2D eigenvalue weighted by Crippen LogP contribution is -2.37. The molecule has 0 saturated carbocycles. The van der Waals surface area contributed by atoms with Gasteiger partial charge in [-0.05, 0) is 37.2 Å². The van der Waals surface area contributed by atoms with E-state index in [4.69, 9.17) is 0 Å². The molecule has 0 aliphatic rings. The van der Waals surface area contributed by atoms with Crippen LogP contribution in [-0.4, -0.2) is 28.8 Å². The zero-order valence-corrected chi connectivity index (χ0v) is 14.7. The van der Waals surface area contributed by atoms with Gasteiger partial charge in [0.25, 0.3) is 5.69 Å². The Morgan fingerprint density at radius 1 is 1.16 bits per heavy atom.